The summed E-state index contributed by atoms with van der Waals surface area (Å²) in [6.07, 6.45) is 3.29. The number of hydrogen-bond donors (Lipinski definition) is 3. The summed E-state index contributed by atoms with van der Waals surface area (Å²) in [6, 6.07) is 3.45. The molecule has 1 amide bonds. The lowest BCUT2D eigenvalue weighted by atomic mass is 10.1. The summed E-state index contributed by atoms with van der Waals surface area (Å²) in [5.74, 6) is 0.696. The third kappa shape index (κ3) is 2.02. The first kappa shape index (κ1) is 15.2. The molecule has 0 atom stereocenters. The molecule has 1 aliphatic heterocycles. The molecule has 4 N–H and O–H groups in total. The van der Waals surface area contributed by atoms with Gasteiger partial charge in [0.15, 0.2) is 5.65 Å². The molecule has 2 aromatic heterocycles. The van der Waals surface area contributed by atoms with Crippen molar-refractivity contribution in [3.63, 3.8) is 0 Å². The maximum Gasteiger partial charge on any atom is 0.259 e. The van der Waals surface area contributed by atoms with Crippen molar-refractivity contribution >= 4 is 28.8 Å². The Morgan fingerprint density at radius 1 is 1.20 bits per heavy atom. The highest BCUT2D eigenvalue weighted by Gasteiger charge is 2.28. The fraction of sp³-hybridized carbons (Fsp3) is 0.167. The van der Waals surface area contributed by atoms with Crippen molar-refractivity contribution < 1.29 is 9.90 Å². The molecule has 0 aliphatic carbocycles. The molecule has 3 aromatic rings. The van der Waals surface area contributed by atoms with Gasteiger partial charge in [-0.2, -0.15) is 0 Å². The summed E-state index contributed by atoms with van der Waals surface area (Å²) >= 11 is 0. The van der Waals surface area contributed by atoms with Gasteiger partial charge in [-0.3, -0.25) is 9.36 Å². The molecule has 0 spiro atoms. The molecule has 0 fully saturated rings. The fourth-order valence-electron chi connectivity index (χ4n) is 3.35. The monoisotopic (exact) mass is 335 g/mol. The molecular formula is C18H17N5O2. The highest BCUT2D eigenvalue weighted by molar-refractivity contribution is 6.14. The van der Waals surface area contributed by atoms with E-state index in [1.54, 1.807) is 29.8 Å². The summed E-state index contributed by atoms with van der Waals surface area (Å²) in [7, 11) is 0. The lowest BCUT2D eigenvalue weighted by Crippen LogP contribution is -2.17. The molecule has 1 aliphatic rings. The van der Waals surface area contributed by atoms with Crippen LogP contribution in [0.4, 0.5) is 5.82 Å². The number of anilines is 1. The van der Waals surface area contributed by atoms with E-state index < -0.39 is 0 Å². The first-order chi connectivity index (χ1) is 11.9. The standard InChI is InChI=1S/C18H17N5O2/c1-8-4-5-12(24)9(2)15(8)23-16(19)14-13-11(6-7-20-18(14)25)21-10(3)22-17(13)23/h4-7,24H,19H2,1-3H3,(H,20,25). The minimum Gasteiger partial charge on any atom is -0.508 e. The van der Waals surface area contributed by atoms with Crippen molar-refractivity contribution in [2.75, 3.05) is 5.73 Å². The van der Waals surface area contributed by atoms with Gasteiger partial charge in [0, 0.05) is 11.8 Å². The third-order valence-corrected chi connectivity index (χ3v) is 4.50. The molecule has 0 saturated heterocycles. The number of carbonyl (C=O) groups is 1. The van der Waals surface area contributed by atoms with Gasteiger partial charge in [-0.25, -0.2) is 9.97 Å². The van der Waals surface area contributed by atoms with Crippen molar-refractivity contribution in [1.82, 2.24) is 19.9 Å². The lowest BCUT2D eigenvalue weighted by Gasteiger charge is -2.15. The molecular weight excluding hydrogens is 318 g/mol. The van der Waals surface area contributed by atoms with E-state index in [2.05, 4.69) is 15.3 Å². The van der Waals surface area contributed by atoms with Gasteiger partial charge in [-0.1, -0.05) is 6.07 Å². The Morgan fingerprint density at radius 2 is 1.96 bits per heavy atom. The molecule has 7 nitrogen and oxygen atoms in total. The summed E-state index contributed by atoms with van der Waals surface area (Å²) in [6.45, 7) is 5.52. The van der Waals surface area contributed by atoms with Crippen LogP contribution in [-0.4, -0.2) is 25.5 Å². The molecule has 25 heavy (non-hydrogen) atoms. The minimum absolute atomic E-state index is 0.158. The second-order valence-electron chi connectivity index (χ2n) is 6.13. The van der Waals surface area contributed by atoms with Gasteiger partial charge in [-0.05, 0) is 38.5 Å². The Hall–Kier alpha value is -3.35. The smallest absolute Gasteiger partial charge is 0.259 e. The molecule has 0 unspecified atom stereocenters. The molecule has 0 radical (unpaired) electrons. The van der Waals surface area contributed by atoms with Crippen LogP contribution in [0, 0.1) is 20.8 Å². The van der Waals surface area contributed by atoms with E-state index in [1.807, 2.05) is 19.9 Å². The van der Waals surface area contributed by atoms with Crippen molar-refractivity contribution in [3.8, 4) is 11.4 Å². The van der Waals surface area contributed by atoms with Crippen molar-refractivity contribution in [2.45, 2.75) is 20.8 Å². The number of nitrogens with zero attached hydrogens (tertiary/aromatic N) is 3. The van der Waals surface area contributed by atoms with E-state index in [1.165, 1.54) is 0 Å². The van der Waals surface area contributed by atoms with Crippen molar-refractivity contribution in [2.24, 2.45) is 0 Å². The van der Waals surface area contributed by atoms with Crippen LogP contribution in [0.25, 0.3) is 22.8 Å². The zero-order valence-electron chi connectivity index (χ0n) is 14.1. The van der Waals surface area contributed by atoms with Gasteiger partial charge in [-0.15, -0.1) is 0 Å². The number of rotatable bonds is 1. The number of phenolic OH excluding ortho intramolecular Hbond substituents is 1. The van der Waals surface area contributed by atoms with Crippen LogP contribution < -0.4 is 11.1 Å². The maximum absolute atomic E-state index is 12.5. The molecule has 3 heterocycles. The van der Waals surface area contributed by atoms with Crippen molar-refractivity contribution in [1.29, 1.82) is 0 Å². The first-order valence-corrected chi connectivity index (χ1v) is 7.85. The number of amides is 1. The number of phenols is 1. The summed E-state index contributed by atoms with van der Waals surface area (Å²) in [4.78, 5) is 21.5. The van der Waals surface area contributed by atoms with Gasteiger partial charge < -0.3 is 16.2 Å². The summed E-state index contributed by atoms with van der Waals surface area (Å²) < 4.78 is 1.73. The van der Waals surface area contributed by atoms with Crippen LogP contribution in [-0.2, 0) is 0 Å². The number of aromatic nitrogens is 3. The van der Waals surface area contributed by atoms with E-state index in [0.717, 1.165) is 11.3 Å². The summed E-state index contributed by atoms with van der Waals surface area (Å²) in [5, 5.41) is 13.4. The van der Waals surface area contributed by atoms with Crippen molar-refractivity contribution in [3.05, 3.63) is 46.5 Å². The molecule has 4 rings (SSSR count). The second kappa shape index (κ2) is 5.07. The Bertz CT molecular complexity index is 1100. The maximum atomic E-state index is 12.5. The third-order valence-electron chi connectivity index (χ3n) is 4.50. The highest BCUT2D eigenvalue weighted by atomic mass is 16.3. The van der Waals surface area contributed by atoms with E-state index in [9.17, 15) is 9.90 Å². The molecule has 126 valence electrons. The number of hydrogen-bond acceptors (Lipinski definition) is 5. The fourth-order valence-corrected chi connectivity index (χ4v) is 3.35. The van der Waals surface area contributed by atoms with E-state index in [4.69, 9.17) is 5.73 Å². The second-order valence-corrected chi connectivity index (χ2v) is 6.13. The average Bonchev–Trinajstić information content (AvgIpc) is 2.73. The Morgan fingerprint density at radius 3 is 2.72 bits per heavy atom. The highest BCUT2D eigenvalue weighted by Crippen LogP contribution is 2.37. The van der Waals surface area contributed by atoms with Gasteiger partial charge in [0.1, 0.15) is 17.4 Å². The van der Waals surface area contributed by atoms with Crippen LogP contribution in [0.5, 0.6) is 5.75 Å². The van der Waals surface area contributed by atoms with Gasteiger partial charge in [0.25, 0.3) is 5.91 Å². The number of aryl methyl sites for hydroxylation is 2. The van der Waals surface area contributed by atoms with Crippen LogP contribution in [0.3, 0.4) is 0 Å². The van der Waals surface area contributed by atoms with Gasteiger partial charge >= 0.3 is 0 Å². The van der Waals surface area contributed by atoms with Crippen LogP contribution in [0.1, 0.15) is 33.0 Å². The van der Waals surface area contributed by atoms with E-state index >= 15 is 0 Å². The predicted molar refractivity (Wildman–Crippen MR) is 95.7 cm³/mol. The largest absolute Gasteiger partial charge is 0.508 e. The van der Waals surface area contributed by atoms with Crippen LogP contribution in [0.2, 0.25) is 0 Å². The molecule has 0 saturated carbocycles. The number of nitrogen functional groups attached to an aromatic ring is 1. The molecule has 7 heteroatoms. The number of benzene rings is 1. The zero-order valence-corrected chi connectivity index (χ0v) is 14.1. The lowest BCUT2D eigenvalue weighted by molar-refractivity contribution is 0.0973. The quantitative estimate of drug-likeness (QED) is 0.633. The topological polar surface area (TPSA) is 106 Å². The number of nitrogens with one attached hydrogen (secondary N) is 1. The van der Waals surface area contributed by atoms with Gasteiger partial charge in [0.2, 0.25) is 0 Å². The van der Waals surface area contributed by atoms with E-state index in [0.29, 0.717) is 33.7 Å². The first-order valence-electron chi connectivity index (χ1n) is 7.85. The van der Waals surface area contributed by atoms with Crippen LogP contribution >= 0.6 is 0 Å². The number of carbonyl (C=O) groups excluding carboxylic acids is 1. The number of aromatic hydroxyl groups is 1. The summed E-state index contributed by atoms with van der Waals surface area (Å²) in [5.41, 5.74) is 10.2. The SMILES string of the molecule is Cc1nc2c3c(c(N)n(-c4c(C)ccc(O)c4C)c3n1)C(=O)NC=C2. The average molecular weight is 335 g/mol. The Labute approximate surface area is 143 Å². The van der Waals surface area contributed by atoms with Gasteiger partial charge in [0.05, 0.1) is 22.3 Å². The zero-order chi connectivity index (χ0) is 17.9. The Balaban J connectivity index is 2.24. The number of nitrogens with two attached hydrogens (primary N) is 1. The van der Waals surface area contributed by atoms with Crippen LogP contribution in [0.15, 0.2) is 18.3 Å². The Kier molecular flexibility index (Phi) is 3.08. The predicted octanol–water partition coefficient (Wildman–Crippen LogP) is 2.35. The van der Waals surface area contributed by atoms with E-state index in [-0.39, 0.29) is 17.5 Å². The minimum atomic E-state index is -0.306. The molecule has 1 aromatic carbocycles. The molecule has 0 bridgehead atoms. The normalized spacial score (nSPS) is 13.2.